The third kappa shape index (κ3) is 2.78. The maximum Gasteiger partial charge on any atom is 0.222 e. The van der Waals surface area contributed by atoms with Crippen LogP contribution in [0.2, 0.25) is 0 Å². The first-order valence-electron chi connectivity index (χ1n) is 7.95. The van der Waals surface area contributed by atoms with E-state index in [1.165, 1.54) is 0 Å². The number of aromatic amines is 1. The van der Waals surface area contributed by atoms with E-state index in [2.05, 4.69) is 25.1 Å². The van der Waals surface area contributed by atoms with Crippen LogP contribution in [0.4, 0.5) is 17.6 Å². The van der Waals surface area contributed by atoms with Crippen molar-refractivity contribution in [2.75, 3.05) is 49.8 Å². The van der Waals surface area contributed by atoms with E-state index in [0.29, 0.717) is 30.5 Å². The molecule has 130 valence electrons. The summed E-state index contributed by atoms with van der Waals surface area (Å²) >= 11 is 0. The molecule has 1 saturated heterocycles. The van der Waals surface area contributed by atoms with Gasteiger partial charge in [0.25, 0.3) is 0 Å². The molecule has 1 aromatic carbocycles. The molecule has 9 heteroatoms. The number of anilines is 3. The van der Waals surface area contributed by atoms with Crippen LogP contribution in [-0.4, -0.2) is 53.6 Å². The summed E-state index contributed by atoms with van der Waals surface area (Å²) in [6.45, 7) is 2.89. The van der Waals surface area contributed by atoms with Crippen molar-refractivity contribution in [2.45, 2.75) is 0 Å². The fourth-order valence-corrected chi connectivity index (χ4v) is 3.01. The number of aromatic nitrogens is 4. The van der Waals surface area contributed by atoms with Crippen molar-refractivity contribution < 1.29 is 9.47 Å². The van der Waals surface area contributed by atoms with E-state index >= 15 is 0 Å². The Balaban J connectivity index is 1.81. The number of hydrogen-bond acceptors (Lipinski definition) is 8. The normalized spacial score (nSPS) is 14.8. The van der Waals surface area contributed by atoms with Crippen LogP contribution in [0.1, 0.15) is 0 Å². The number of benzene rings is 1. The Morgan fingerprint density at radius 2 is 1.96 bits per heavy atom. The molecule has 9 nitrogen and oxygen atoms in total. The summed E-state index contributed by atoms with van der Waals surface area (Å²) in [6, 6.07) is 5.72. The first-order chi connectivity index (χ1) is 12.2. The minimum absolute atomic E-state index is 0.224. The lowest BCUT2D eigenvalue weighted by Gasteiger charge is -2.28. The van der Waals surface area contributed by atoms with Gasteiger partial charge in [-0.05, 0) is 12.1 Å². The second-order valence-corrected chi connectivity index (χ2v) is 5.78. The quantitative estimate of drug-likeness (QED) is 0.644. The van der Waals surface area contributed by atoms with Crippen LogP contribution in [0.15, 0.2) is 18.2 Å². The van der Waals surface area contributed by atoms with E-state index in [9.17, 15) is 0 Å². The number of hydrogen-bond donors (Lipinski definition) is 3. The minimum atomic E-state index is 0.224. The van der Waals surface area contributed by atoms with Crippen LogP contribution in [-0.2, 0) is 4.74 Å². The summed E-state index contributed by atoms with van der Waals surface area (Å²) in [5.74, 6) is 2.04. The Hall–Kier alpha value is -3.07. The van der Waals surface area contributed by atoms with Crippen LogP contribution in [0.5, 0.6) is 5.75 Å². The first-order valence-corrected chi connectivity index (χ1v) is 7.95. The molecule has 0 spiro atoms. The Bertz CT molecular complexity index is 918. The van der Waals surface area contributed by atoms with Crippen molar-refractivity contribution in [3.8, 4) is 17.0 Å². The van der Waals surface area contributed by atoms with Gasteiger partial charge >= 0.3 is 0 Å². The fraction of sp³-hybridized carbons (Fsp3) is 0.312. The van der Waals surface area contributed by atoms with E-state index in [0.717, 1.165) is 35.4 Å². The number of rotatable bonds is 3. The summed E-state index contributed by atoms with van der Waals surface area (Å²) in [5, 5.41) is 7.70. The molecule has 3 aromatic rings. The van der Waals surface area contributed by atoms with E-state index in [4.69, 9.17) is 20.9 Å². The van der Waals surface area contributed by atoms with Crippen molar-refractivity contribution in [1.82, 2.24) is 20.2 Å². The predicted octanol–water partition coefficient (Wildman–Crippen LogP) is 1.03. The van der Waals surface area contributed by atoms with E-state index in [1.807, 2.05) is 18.2 Å². The van der Waals surface area contributed by atoms with Crippen LogP contribution >= 0.6 is 0 Å². The molecule has 25 heavy (non-hydrogen) atoms. The Kier molecular flexibility index (Phi) is 3.77. The molecule has 0 atom stereocenters. The highest BCUT2D eigenvalue weighted by Crippen LogP contribution is 2.34. The summed E-state index contributed by atoms with van der Waals surface area (Å²) in [4.78, 5) is 10.9. The molecule has 0 amide bonds. The van der Waals surface area contributed by atoms with Crippen LogP contribution < -0.4 is 21.1 Å². The number of H-pyrrole nitrogens is 1. The maximum absolute atomic E-state index is 5.94. The van der Waals surface area contributed by atoms with Crippen molar-refractivity contribution in [3.05, 3.63) is 18.2 Å². The lowest BCUT2D eigenvalue weighted by atomic mass is 10.1. The minimum Gasteiger partial charge on any atom is -0.496 e. The van der Waals surface area contributed by atoms with Gasteiger partial charge in [-0.15, -0.1) is 0 Å². The van der Waals surface area contributed by atoms with Gasteiger partial charge < -0.3 is 25.8 Å². The summed E-state index contributed by atoms with van der Waals surface area (Å²) in [7, 11) is 1.60. The van der Waals surface area contributed by atoms with Crippen LogP contribution in [0, 0.1) is 0 Å². The monoisotopic (exact) mass is 341 g/mol. The Morgan fingerprint density at radius 3 is 2.72 bits per heavy atom. The van der Waals surface area contributed by atoms with Gasteiger partial charge in [0.05, 0.1) is 36.9 Å². The number of methoxy groups -OCH3 is 1. The molecule has 0 radical (unpaired) electrons. The molecule has 0 aliphatic carbocycles. The SMILES string of the molecule is COc1cc(-c2cc(N3CCOCC3)nc(N)n2)cc2[nH]nc(N)c12. The summed E-state index contributed by atoms with van der Waals surface area (Å²) in [5.41, 5.74) is 14.2. The molecule has 1 aliphatic rings. The van der Waals surface area contributed by atoms with Gasteiger partial charge in [0.2, 0.25) is 5.95 Å². The van der Waals surface area contributed by atoms with Crippen LogP contribution in [0.25, 0.3) is 22.2 Å². The molecular weight excluding hydrogens is 322 g/mol. The summed E-state index contributed by atoms with van der Waals surface area (Å²) < 4.78 is 10.9. The van der Waals surface area contributed by atoms with Crippen molar-refractivity contribution in [3.63, 3.8) is 0 Å². The average molecular weight is 341 g/mol. The van der Waals surface area contributed by atoms with Crippen molar-refractivity contribution >= 4 is 28.5 Å². The third-order valence-corrected chi connectivity index (χ3v) is 4.24. The fourth-order valence-electron chi connectivity index (χ4n) is 3.01. The van der Waals surface area contributed by atoms with E-state index in [1.54, 1.807) is 7.11 Å². The zero-order chi connectivity index (χ0) is 17.4. The smallest absolute Gasteiger partial charge is 0.222 e. The standard InChI is InChI=1S/C16H19N7O2/c1-24-12-7-9(6-11-14(12)15(17)22-21-11)10-8-13(20-16(18)19-10)23-2-4-25-5-3-23/h6-8H,2-5H2,1H3,(H3,17,21,22)(H2,18,19,20). The number of nitrogens with one attached hydrogen (secondary N) is 1. The van der Waals surface area contributed by atoms with Gasteiger partial charge in [-0.3, -0.25) is 5.10 Å². The maximum atomic E-state index is 5.94. The molecule has 1 aliphatic heterocycles. The number of morpholine rings is 1. The van der Waals surface area contributed by atoms with Gasteiger partial charge in [-0.25, -0.2) is 4.98 Å². The number of nitrogens with two attached hydrogens (primary N) is 2. The van der Waals surface area contributed by atoms with E-state index in [-0.39, 0.29) is 5.95 Å². The molecule has 0 saturated carbocycles. The van der Waals surface area contributed by atoms with Gasteiger partial charge in [-0.1, -0.05) is 0 Å². The van der Waals surface area contributed by atoms with Gasteiger partial charge in [0, 0.05) is 24.7 Å². The zero-order valence-electron chi connectivity index (χ0n) is 13.8. The number of nitrogen functional groups attached to an aromatic ring is 2. The van der Waals surface area contributed by atoms with E-state index < -0.39 is 0 Å². The highest BCUT2D eigenvalue weighted by Gasteiger charge is 2.17. The van der Waals surface area contributed by atoms with Crippen LogP contribution in [0.3, 0.4) is 0 Å². The second kappa shape index (κ2) is 6.10. The highest BCUT2D eigenvalue weighted by atomic mass is 16.5. The second-order valence-electron chi connectivity index (χ2n) is 5.78. The lowest BCUT2D eigenvalue weighted by molar-refractivity contribution is 0.122. The molecule has 5 N–H and O–H groups in total. The van der Waals surface area contributed by atoms with Gasteiger partial charge in [-0.2, -0.15) is 10.1 Å². The highest BCUT2D eigenvalue weighted by molar-refractivity contribution is 5.97. The largest absolute Gasteiger partial charge is 0.496 e. The number of ether oxygens (including phenoxy) is 2. The molecule has 4 rings (SSSR count). The molecule has 3 heterocycles. The van der Waals surface area contributed by atoms with Gasteiger partial charge in [0.1, 0.15) is 11.6 Å². The molecule has 2 aromatic heterocycles. The zero-order valence-corrected chi connectivity index (χ0v) is 13.8. The molecule has 1 fully saturated rings. The molecular formula is C16H19N7O2. The number of fused-ring (bicyclic) bond motifs is 1. The van der Waals surface area contributed by atoms with Crippen molar-refractivity contribution in [2.24, 2.45) is 0 Å². The third-order valence-electron chi connectivity index (χ3n) is 4.24. The topological polar surface area (TPSA) is 128 Å². The molecule has 0 unspecified atom stereocenters. The Morgan fingerprint density at radius 1 is 1.16 bits per heavy atom. The van der Waals surface area contributed by atoms with Crippen molar-refractivity contribution in [1.29, 1.82) is 0 Å². The lowest BCUT2D eigenvalue weighted by Crippen LogP contribution is -2.36. The predicted molar refractivity (Wildman–Crippen MR) is 95.5 cm³/mol. The van der Waals surface area contributed by atoms with Gasteiger partial charge in [0.15, 0.2) is 5.82 Å². The number of nitrogens with zero attached hydrogens (tertiary/aromatic N) is 4. The Labute approximate surface area is 143 Å². The molecule has 0 bridgehead atoms. The average Bonchev–Trinajstić information content (AvgIpc) is 3.02. The first kappa shape index (κ1) is 15.5. The summed E-state index contributed by atoms with van der Waals surface area (Å²) in [6.07, 6.45) is 0.